The lowest BCUT2D eigenvalue weighted by atomic mass is 9.96. The zero-order valence-electron chi connectivity index (χ0n) is 21.1. The average molecular weight is 482 g/mol. The fraction of sp³-hybridized carbons (Fsp3) is 0.393. The fourth-order valence-electron chi connectivity index (χ4n) is 4.33. The van der Waals surface area contributed by atoms with Crippen LogP contribution in [-0.2, 0) is 19.6 Å². The minimum absolute atomic E-state index is 0.0101. The molecule has 3 aromatic rings. The van der Waals surface area contributed by atoms with Gasteiger partial charge in [-0.15, -0.1) is 0 Å². The summed E-state index contributed by atoms with van der Waals surface area (Å²) in [6.45, 7) is 12.3. The van der Waals surface area contributed by atoms with Gasteiger partial charge in [-0.3, -0.25) is 9.36 Å². The van der Waals surface area contributed by atoms with Gasteiger partial charge >= 0.3 is 5.97 Å². The van der Waals surface area contributed by atoms with Gasteiger partial charge < -0.3 is 9.15 Å². The Bertz CT molecular complexity index is 1090. The number of hydrogen-bond acceptors (Lipinski definition) is 4. The van der Waals surface area contributed by atoms with E-state index in [-0.39, 0.29) is 12.4 Å². The summed E-state index contributed by atoms with van der Waals surface area (Å²) in [5.74, 6) is 0.182. The Morgan fingerprint density at radius 1 is 0.971 bits per heavy atom. The maximum Gasteiger partial charge on any atom is 0.308 e. The average Bonchev–Trinajstić information content (AvgIpc) is 3.28. The van der Waals surface area contributed by atoms with Gasteiger partial charge in [0.2, 0.25) is 7.29 Å². The van der Waals surface area contributed by atoms with E-state index in [1.54, 1.807) is 18.4 Å². The molecule has 0 saturated heterocycles. The molecule has 1 unspecified atom stereocenters. The number of furan rings is 1. The topological polar surface area (TPSA) is 68.5 Å². The van der Waals surface area contributed by atoms with Crippen LogP contribution < -0.4 is 15.7 Å². The Hall–Kier alpha value is -2.62. The minimum Gasteiger partial charge on any atom is -0.467 e. The van der Waals surface area contributed by atoms with Crippen molar-refractivity contribution >= 4 is 23.9 Å². The fourth-order valence-corrected chi connectivity index (χ4v) is 7.32. The molecule has 0 saturated carbocycles. The first-order valence-electron chi connectivity index (χ1n) is 11.8. The molecule has 0 radical (unpaired) electrons. The number of carbonyl (C=O) groups is 1. The highest BCUT2D eigenvalue weighted by atomic mass is 31.2. The van der Waals surface area contributed by atoms with Gasteiger partial charge in [-0.1, -0.05) is 47.7 Å². The highest BCUT2D eigenvalue weighted by molar-refractivity contribution is 7.77. The maximum atomic E-state index is 15.1. The minimum atomic E-state index is -3.40. The van der Waals surface area contributed by atoms with Gasteiger partial charge in [0.15, 0.2) is 0 Å². The molecule has 1 heterocycles. The lowest BCUT2D eigenvalue weighted by Crippen LogP contribution is -2.44. The van der Waals surface area contributed by atoms with Crippen LogP contribution in [0.25, 0.3) is 0 Å². The largest absolute Gasteiger partial charge is 0.467 e. The summed E-state index contributed by atoms with van der Waals surface area (Å²) >= 11 is 0. The van der Waals surface area contributed by atoms with E-state index in [2.05, 4.69) is 17.2 Å². The zero-order valence-corrected chi connectivity index (χ0v) is 22.0. The monoisotopic (exact) mass is 481 g/mol. The first-order valence-corrected chi connectivity index (χ1v) is 13.5. The van der Waals surface area contributed by atoms with Crippen LogP contribution in [0.3, 0.4) is 0 Å². The van der Waals surface area contributed by atoms with Gasteiger partial charge in [-0.05, 0) is 77.4 Å². The summed E-state index contributed by atoms with van der Waals surface area (Å²) in [6, 6.07) is 15.5. The quantitative estimate of drug-likeness (QED) is 0.219. The van der Waals surface area contributed by atoms with Crippen molar-refractivity contribution in [3.05, 3.63) is 82.8 Å². The molecule has 3 rings (SSSR count). The summed E-state index contributed by atoms with van der Waals surface area (Å²) in [6.07, 6.45) is 3.30. The standard InChI is InChI=1S/C28H36NO4P/c1-7-8-11-33-27(30)19-28(6,26-10-9-12-32-26)29-34(31,24-15-20(2)13-21(3)16-24)25-17-22(4)14-23(5)18-25/h9-10,12-18H,7-8,11,19H2,1-6H3,(H,29,31). The zero-order chi connectivity index (χ0) is 24.9. The number of carbonyl (C=O) groups excluding carboxylic acids is 1. The number of nitrogens with one attached hydrogen (secondary N) is 1. The summed E-state index contributed by atoms with van der Waals surface area (Å²) in [7, 11) is -3.40. The Kier molecular flexibility index (Phi) is 8.22. The molecule has 34 heavy (non-hydrogen) atoms. The summed E-state index contributed by atoms with van der Waals surface area (Å²) in [5, 5.41) is 4.84. The predicted molar refractivity (Wildman–Crippen MR) is 138 cm³/mol. The smallest absolute Gasteiger partial charge is 0.308 e. The number of rotatable bonds is 10. The first-order chi connectivity index (χ1) is 16.1. The Morgan fingerprint density at radius 2 is 1.50 bits per heavy atom. The Balaban J connectivity index is 2.13. The molecule has 182 valence electrons. The van der Waals surface area contributed by atoms with E-state index in [0.29, 0.717) is 23.0 Å². The van der Waals surface area contributed by atoms with Crippen molar-refractivity contribution in [2.75, 3.05) is 6.61 Å². The van der Waals surface area contributed by atoms with Gasteiger partial charge in [0.1, 0.15) is 5.76 Å². The number of aryl methyl sites for hydroxylation is 4. The molecule has 0 bridgehead atoms. The van der Waals surface area contributed by atoms with E-state index >= 15 is 4.57 Å². The molecule has 1 N–H and O–H groups in total. The lowest BCUT2D eigenvalue weighted by Gasteiger charge is -2.34. The van der Waals surface area contributed by atoms with Crippen LogP contribution >= 0.6 is 7.29 Å². The highest BCUT2D eigenvalue weighted by Crippen LogP contribution is 2.45. The Morgan fingerprint density at radius 3 is 1.94 bits per heavy atom. The molecule has 1 atom stereocenters. The van der Waals surface area contributed by atoms with Gasteiger partial charge in [0, 0.05) is 10.6 Å². The number of esters is 1. The molecule has 0 fully saturated rings. The van der Waals surface area contributed by atoms with Crippen LogP contribution in [0.2, 0.25) is 0 Å². The van der Waals surface area contributed by atoms with Crippen LogP contribution in [0.15, 0.2) is 59.2 Å². The molecular weight excluding hydrogens is 445 g/mol. The van der Waals surface area contributed by atoms with E-state index < -0.39 is 12.8 Å². The van der Waals surface area contributed by atoms with Crippen molar-refractivity contribution in [3.8, 4) is 0 Å². The molecule has 0 amide bonds. The van der Waals surface area contributed by atoms with Gasteiger partial charge in [0.05, 0.1) is 24.8 Å². The van der Waals surface area contributed by atoms with E-state index in [4.69, 9.17) is 9.15 Å². The van der Waals surface area contributed by atoms with Crippen molar-refractivity contribution in [2.45, 2.75) is 66.3 Å². The summed E-state index contributed by atoms with van der Waals surface area (Å²) in [4.78, 5) is 12.8. The predicted octanol–water partition coefficient (Wildman–Crippen LogP) is 5.98. The van der Waals surface area contributed by atoms with E-state index in [9.17, 15) is 4.79 Å². The molecule has 5 nitrogen and oxygen atoms in total. The van der Waals surface area contributed by atoms with Crippen LogP contribution in [0, 0.1) is 27.7 Å². The van der Waals surface area contributed by atoms with Crippen LogP contribution in [-0.4, -0.2) is 12.6 Å². The molecule has 0 spiro atoms. The van der Waals surface area contributed by atoms with Crippen molar-refractivity contribution in [1.29, 1.82) is 0 Å². The second-order valence-electron chi connectivity index (χ2n) is 9.47. The normalized spacial score (nSPS) is 13.5. The first kappa shape index (κ1) is 26.0. The number of unbranched alkanes of at least 4 members (excludes halogenated alkanes) is 1. The maximum absolute atomic E-state index is 15.1. The molecule has 1 aromatic heterocycles. The Labute approximate surface area is 203 Å². The number of ether oxygens (including phenoxy) is 1. The third kappa shape index (κ3) is 6.08. The molecule has 0 aliphatic heterocycles. The SMILES string of the molecule is CCCCOC(=O)CC(C)(NP(=O)(c1cc(C)cc(C)c1)c1cc(C)cc(C)c1)c1ccco1. The highest BCUT2D eigenvalue weighted by Gasteiger charge is 2.41. The second kappa shape index (κ2) is 10.8. The summed E-state index contributed by atoms with van der Waals surface area (Å²) in [5.41, 5.74) is 3.07. The van der Waals surface area contributed by atoms with Crippen molar-refractivity contribution in [1.82, 2.24) is 5.09 Å². The van der Waals surface area contributed by atoms with Crippen molar-refractivity contribution in [3.63, 3.8) is 0 Å². The van der Waals surface area contributed by atoms with Gasteiger partial charge in [-0.25, -0.2) is 5.09 Å². The van der Waals surface area contributed by atoms with Crippen LogP contribution in [0.4, 0.5) is 0 Å². The third-order valence-electron chi connectivity index (χ3n) is 5.87. The molecule has 2 aromatic carbocycles. The number of hydrogen-bond donors (Lipinski definition) is 1. The third-order valence-corrected chi connectivity index (χ3v) is 8.65. The molecular formula is C28H36NO4P. The molecule has 0 aliphatic carbocycles. The lowest BCUT2D eigenvalue weighted by molar-refractivity contribution is -0.145. The van der Waals surface area contributed by atoms with Crippen molar-refractivity contribution < 1.29 is 18.5 Å². The van der Waals surface area contributed by atoms with Crippen LogP contribution in [0.5, 0.6) is 0 Å². The van der Waals surface area contributed by atoms with E-state index in [1.165, 1.54) is 0 Å². The van der Waals surface area contributed by atoms with Gasteiger partial charge in [-0.2, -0.15) is 0 Å². The van der Waals surface area contributed by atoms with E-state index in [0.717, 1.165) is 35.1 Å². The number of benzene rings is 2. The molecule has 6 heteroatoms. The van der Waals surface area contributed by atoms with E-state index in [1.807, 2.05) is 65.8 Å². The summed E-state index contributed by atoms with van der Waals surface area (Å²) < 4.78 is 26.3. The molecule has 0 aliphatic rings. The van der Waals surface area contributed by atoms with Crippen LogP contribution in [0.1, 0.15) is 61.1 Å². The van der Waals surface area contributed by atoms with Crippen molar-refractivity contribution in [2.24, 2.45) is 0 Å². The second-order valence-corrected chi connectivity index (χ2v) is 11.9. The van der Waals surface area contributed by atoms with Gasteiger partial charge in [0.25, 0.3) is 0 Å².